The van der Waals surface area contributed by atoms with Gasteiger partial charge in [-0.05, 0) is 45.2 Å². The summed E-state index contributed by atoms with van der Waals surface area (Å²) in [6.45, 7) is 3.89. The van der Waals surface area contributed by atoms with E-state index in [0.717, 1.165) is 51.9 Å². The molecule has 2 aliphatic rings. The summed E-state index contributed by atoms with van der Waals surface area (Å²) in [4.78, 5) is 23.1. The molecule has 126 valence electrons. The lowest BCUT2D eigenvalue weighted by Crippen LogP contribution is -2.36. The number of ether oxygens (including phenoxy) is 1. The molecule has 2 aliphatic heterocycles. The zero-order valence-corrected chi connectivity index (χ0v) is 13.7. The Balaban J connectivity index is 1.82. The third-order valence-electron chi connectivity index (χ3n) is 4.44. The molecule has 7 heteroatoms. The maximum atomic E-state index is 11.9. The first-order valence-electron chi connectivity index (χ1n) is 8.46. The fourth-order valence-corrected chi connectivity index (χ4v) is 3.13. The average Bonchev–Trinajstić information content (AvgIpc) is 2.62. The highest BCUT2D eigenvalue weighted by Crippen LogP contribution is 2.20. The quantitative estimate of drug-likeness (QED) is 0.812. The number of esters is 1. The molecule has 1 aromatic rings. The Morgan fingerprint density at radius 3 is 2.70 bits per heavy atom. The van der Waals surface area contributed by atoms with Crippen LogP contribution in [0, 0.1) is 0 Å². The first kappa shape index (κ1) is 16.0. The summed E-state index contributed by atoms with van der Waals surface area (Å²) in [5.41, 5.74) is 0.319. The normalized spacial score (nSPS) is 19.4. The van der Waals surface area contributed by atoms with E-state index in [0.29, 0.717) is 23.5 Å². The highest BCUT2D eigenvalue weighted by Gasteiger charge is 2.20. The first-order chi connectivity index (χ1) is 11.3. The van der Waals surface area contributed by atoms with Gasteiger partial charge in [-0.15, -0.1) is 0 Å². The fraction of sp³-hybridized carbons (Fsp3) is 0.688. The lowest BCUT2D eigenvalue weighted by atomic mass is 10.1. The van der Waals surface area contributed by atoms with Gasteiger partial charge in [0.2, 0.25) is 5.95 Å². The van der Waals surface area contributed by atoms with Crippen molar-refractivity contribution in [2.45, 2.75) is 38.1 Å². The minimum absolute atomic E-state index is 0.319. The second kappa shape index (κ2) is 7.59. The number of anilines is 2. The van der Waals surface area contributed by atoms with E-state index >= 15 is 0 Å². The number of piperidine rings is 2. The van der Waals surface area contributed by atoms with Gasteiger partial charge in [0.15, 0.2) is 5.69 Å². The molecule has 0 saturated carbocycles. The summed E-state index contributed by atoms with van der Waals surface area (Å²) in [5.74, 6) is 0.927. The molecule has 0 bridgehead atoms. The second-order valence-corrected chi connectivity index (χ2v) is 6.15. The minimum atomic E-state index is -0.418. The smallest absolute Gasteiger partial charge is 0.356 e. The topological polar surface area (TPSA) is 79.4 Å². The Morgan fingerprint density at radius 1 is 1.26 bits per heavy atom. The Morgan fingerprint density at radius 2 is 2.00 bits per heavy atom. The number of methoxy groups -OCH3 is 1. The number of carbonyl (C=O) groups excluding carboxylic acids is 1. The first-order valence-corrected chi connectivity index (χ1v) is 8.46. The molecule has 2 N–H and O–H groups in total. The van der Waals surface area contributed by atoms with Crippen molar-refractivity contribution in [1.29, 1.82) is 0 Å². The maximum absolute atomic E-state index is 11.9. The van der Waals surface area contributed by atoms with Crippen LogP contribution in [-0.2, 0) is 4.74 Å². The van der Waals surface area contributed by atoms with Gasteiger partial charge in [-0.3, -0.25) is 0 Å². The molecule has 0 atom stereocenters. The standard InChI is InChI=1S/C16H25N5O2/c1-23-15(22)13-11-14(18-12-5-7-17-8-6-12)20-16(19-13)21-9-3-2-4-10-21/h11-12,17H,2-10H2,1H3,(H,18,19,20). The Kier molecular flexibility index (Phi) is 5.27. The van der Waals surface area contributed by atoms with E-state index in [1.807, 2.05) is 0 Å². The molecule has 0 aromatic carbocycles. The molecule has 0 amide bonds. The highest BCUT2D eigenvalue weighted by molar-refractivity contribution is 5.88. The summed E-state index contributed by atoms with van der Waals surface area (Å²) in [6.07, 6.45) is 5.63. The van der Waals surface area contributed by atoms with Crippen molar-refractivity contribution in [2.75, 3.05) is 43.5 Å². The predicted octanol–water partition coefficient (Wildman–Crippen LogP) is 1.42. The van der Waals surface area contributed by atoms with Gasteiger partial charge in [0.25, 0.3) is 0 Å². The molecule has 3 rings (SSSR count). The monoisotopic (exact) mass is 319 g/mol. The SMILES string of the molecule is COC(=O)c1cc(NC2CCNCC2)nc(N2CCCCC2)n1. The van der Waals surface area contributed by atoms with Crippen LogP contribution < -0.4 is 15.5 Å². The molecule has 2 saturated heterocycles. The van der Waals surface area contributed by atoms with Crippen LogP contribution in [0.3, 0.4) is 0 Å². The number of hydrogen-bond acceptors (Lipinski definition) is 7. The van der Waals surface area contributed by atoms with Crippen LogP contribution >= 0.6 is 0 Å². The molecule has 2 fully saturated rings. The fourth-order valence-electron chi connectivity index (χ4n) is 3.13. The molecular formula is C16H25N5O2. The van der Waals surface area contributed by atoms with Gasteiger partial charge in [0, 0.05) is 25.2 Å². The van der Waals surface area contributed by atoms with Crippen LogP contribution in [-0.4, -0.2) is 55.3 Å². The minimum Gasteiger partial charge on any atom is -0.464 e. The van der Waals surface area contributed by atoms with E-state index in [9.17, 15) is 4.79 Å². The third kappa shape index (κ3) is 4.10. The van der Waals surface area contributed by atoms with Crippen molar-refractivity contribution in [2.24, 2.45) is 0 Å². The van der Waals surface area contributed by atoms with Crippen LogP contribution in [0.25, 0.3) is 0 Å². The summed E-state index contributed by atoms with van der Waals surface area (Å²) >= 11 is 0. The molecular weight excluding hydrogens is 294 g/mol. The summed E-state index contributed by atoms with van der Waals surface area (Å²) < 4.78 is 4.84. The van der Waals surface area contributed by atoms with Crippen LogP contribution in [0.2, 0.25) is 0 Å². The van der Waals surface area contributed by atoms with Crippen molar-refractivity contribution < 1.29 is 9.53 Å². The molecule has 0 radical (unpaired) electrons. The van der Waals surface area contributed by atoms with Crippen molar-refractivity contribution in [1.82, 2.24) is 15.3 Å². The Bertz CT molecular complexity index is 539. The van der Waals surface area contributed by atoms with Gasteiger partial charge in [-0.1, -0.05) is 0 Å². The van der Waals surface area contributed by atoms with Gasteiger partial charge >= 0.3 is 5.97 Å². The van der Waals surface area contributed by atoms with Crippen LogP contribution in [0.5, 0.6) is 0 Å². The van der Waals surface area contributed by atoms with Crippen molar-refractivity contribution >= 4 is 17.7 Å². The van der Waals surface area contributed by atoms with Gasteiger partial charge < -0.3 is 20.3 Å². The van der Waals surface area contributed by atoms with Crippen LogP contribution in [0.4, 0.5) is 11.8 Å². The number of rotatable bonds is 4. The van der Waals surface area contributed by atoms with E-state index in [1.165, 1.54) is 13.5 Å². The number of nitrogens with one attached hydrogen (secondary N) is 2. The number of carbonyl (C=O) groups is 1. The van der Waals surface area contributed by atoms with Crippen molar-refractivity contribution in [3.05, 3.63) is 11.8 Å². The Labute approximate surface area is 136 Å². The summed E-state index contributed by atoms with van der Waals surface area (Å²) in [6, 6.07) is 2.08. The highest BCUT2D eigenvalue weighted by atomic mass is 16.5. The number of hydrogen-bond donors (Lipinski definition) is 2. The van der Waals surface area contributed by atoms with Gasteiger partial charge in [-0.25, -0.2) is 9.78 Å². The number of aromatic nitrogens is 2. The van der Waals surface area contributed by atoms with Gasteiger partial charge in [-0.2, -0.15) is 4.98 Å². The van der Waals surface area contributed by atoms with E-state index in [2.05, 4.69) is 25.5 Å². The van der Waals surface area contributed by atoms with Gasteiger partial charge in [0.05, 0.1) is 7.11 Å². The molecule has 23 heavy (non-hydrogen) atoms. The van der Waals surface area contributed by atoms with Gasteiger partial charge in [0.1, 0.15) is 5.82 Å². The predicted molar refractivity (Wildman–Crippen MR) is 88.9 cm³/mol. The largest absolute Gasteiger partial charge is 0.464 e. The summed E-state index contributed by atoms with van der Waals surface area (Å²) in [7, 11) is 1.38. The second-order valence-electron chi connectivity index (χ2n) is 6.15. The molecule has 7 nitrogen and oxygen atoms in total. The average molecular weight is 319 g/mol. The van der Waals surface area contributed by atoms with E-state index in [4.69, 9.17) is 4.74 Å². The zero-order valence-electron chi connectivity index (χ0n) is 13.7. The third-order valence-corrected chi connectivity index (χ3v) is 4.44. The molecule has 1 aromatic heterocycles. The maximum Gasteiger partial charge on any atom is 0.356 e. The number of nitrogens with zero attached hydrogens (tertiary/aromatic N) is 3. The van der Waals surface area contributed by atoms with Crippen molar-refractivity contribution in [3.63, 3.8) is 0 Å². The molecule has 0 aliphatic carbocycles. The van der Waals surface area contributed by atoms with Crippen LogP contribution in [0.15, 0.2) is 6.07 Å². The van der Waals surface area contributed by atoms with E-state index in [1.54, 1.807) is 6.07 Å². The van der Waals surface area contributed by atoms with Crippen LogP contribution in [0.1, 0.15) is 42.6 Å². The molecule has 0 spiro atoms. The lowest BCUT2D eigenvalue weighted by Gasteiger charge is -2.28. The summed E-state index contributed by atoms with van der Waals surface area (Å²) in [5, 5.41) is 6.80. The molecule has 0 unspecified atom stereocenters. The molecule has 3 heterocycles. The van der Waals surface area contributed by atoms with Crippen molar-refractivity contribution in [3.8, 4) is 0 Å². The zero-order chi connectivity index (χ0) is 16.1. The Hall–Kier alpha value is -1.89. The van der Waals surface area contributed by atoms with E-state index in [-0.39, 0.29) is 0 Å². The lowest BCUT2D eigenvalue weighted by molar-refractivity contribution is 0.0594. The van der Waals surface area contributed by atoms with E-state index < -0.39 is 5.97 Å².